The molecular formula is C22H26F4N4O4S. The first-order valence-electron chi connectivity index (χ1n) is 10.8. The van der Waals surface area contributed by atoms with Crippen LogP contribution in [0.3, 0.4) is 0 Å². The van der Waals surface area contributed by atoms with Crippen molar-refractivity contribution in [3.63, 3.8) is 0 Å². The summed E-state index contributed by atoms with van der Waals surface area (Å²) in [5, 5.41) is 26.0. The van der Waals surface area contributed by atoms with Gasteiger partial charge >= 0.3 is 6.18 Å². The Bertz CT molecular complexity index is 1010. The first kappa shape index (κ1) is 27.1. The van der Waals surface area contributed by atoms with Gasteiger partial charge in [0.2, 0.25) is 0 Å². The van der Waals surface area contributed by atoms with Crippen LogP contribution < -0.4 is 10.6 Å². The number of carbonyl (C=O) groups is 1. The van der Waals surface area contributed by atoms with Crippen LogP contribution in [0, 0.1) is 5.82 Å². The fourth-order valence-corrected chi connectivity index (χ4v) is 4.03. The highest BCUT2D eigenvalue weighted by Gasteiger charge is 2.39. The molecule has 2 aromatic rings. The van der Waals surface area contributed by atoms with Crippen LogP contribution in [0.1, 0.15) is 28.0 Å². The van der Waals surface area contributed by atoms with Crippen molar-refractivity contribution in [2.24, 2.45) is 0 Å². The lowest BCUT2D eigenvalue weighted by Gasteiger charge is -2.38. The topological polar surface area (TPSA) is 117 Å². The molecule has 3 rings (SSSR count). The van der Waals surface area contributed by atoms with Gasteiger partial charge in [0.15, 0.2) is 5.69 Å². The SMILES string of the molecule is CSCCCc1cc(F)cc(C(=O)NC[C@H]2OC[C@H](Nc3cncc(C(F)(F)F)n3)[C@@H](O)[C@H]2O)c1. The zero-order valence-electron chi connectivity index (χ0n) is 18.8. The van der Waals surface area contributed by atoms with Gasteiger partial charge in [-0.05, 0) is 48.6 Å². The summed E-state index contributed by atoms with van der Waals surface area (Å²) in [4.78, 5) is 19.4. The second-order valence-electron chi connectivity index (χ2n) is 8.05. The molecule has 0 radical (unpaired) electrons. The van der Waals surface area contributed by atoms with E-state index in [4.69, 9.17) is 4.74 Å². The number of thioether (sulfide) groups is 1. The van der Waals surface area contributed by atoms with Crippen LogP contribution >= 0.6 is 11.8 Å². The summed E-state index contributed by atoms with van der Waals surface area (Å²) in [6.45, 7) is -0.359. The number of hydrogen-bond donors (Lipinski definition) is 4. The summed E-state index contributed by atoms with van der Waals surface area (Å²) in [5.41, 5.74) is -0.391. The number of aliphatic hydroxyl groups excluding tert-OH is 2. The van der Waals surface area contributed by atoms with E-state index in [1.807, 2.05) is 6.26 Å². The molecule has 4 atom stereocenters. The maximum atomic E-state index is 14.0. The van der Waals surface area contributed by atoms with Gasteiger partial charge in [0.25, 0.3) is 5.91 Å². The first-order valence-corrected chi connectivity index (χ1v) is 12.2. The summed E-state index contributed by atoms with van der Waals surface area (Å²) in [5.74, 6) is -0.438. The summed E-state index contributed by atoms with van der Waals surface area (Å²) < 4.78 is 57.9. The van der Waals surface area contributed by atoms with Crippen molar-refractivity contribution < 1.29 is 37.3 Å². The lowest BCUT2D eigenvalue weighted by atomic mass is 9.97. The van der Waals surface area contributed by atoms with Crippen molar-refractivity contribution in [1.82, 2.24) is 15.3 Å². The number of hydrogen-bond acceptors (Lipinski definition) is 8. The Balaban J connectivity index is 1.56. The number of halogens is 4. The lowest BCUT2D eigenvalue weighted by molar-refractivity contribution is -0.141. The molecule has 1 amide bonds. The molecule has 1 aliphatic heterocycles. The zero-order valence-corrected chi connectivity index (χ0v) is 19.6. The molecule has 192 valence electrons. The molecule has 0 aliphatic carbocycles. The van der Waals surface area contributed by atoms with Gasteiger partial charge in [-0.1, -0.05) is 0 Å². The first-order chi connectivity index (χ1) is 16.6. The number of nitrogens with one attached hydrogen (secondary N) is 2. The standard InChI is InChI=1S/C22H26F4N4O4S/c1-35-4-2-3-12-5-13(7-14(23)6-12)21(33)28-8-16-20(32)19(31)15(11-34-16)29-18-10-27-9-17(30-18)22(24,25)26/h5-7,9-10,15-16,19-20,31-32H,2-4,8,11H2,1H3,(H,28,33)(H,29,30)/t15-,16+,19+,20-/m0/s1. The molecule has 1 saturated heterocycles. The van der Waals surface area contributed by atoms with Gasteiger partial charge in [0.05, 0.1) is 25.0 Å². The van der Waals surface area contributed by atoms with Crippen LogP contribution in [0.2, 0.25) is 0 Å². The maximum Gasteiger partial charge on any atom is 0.434 e. The third-order valence-corrected chi connectivity index (χ3v) is 6.09. The smallest absolute Gasteiger partial charge is 0.388 e. The monoisotopic (exact) mass is 518 g/mol. The van der Waals surface area contributed by atoms with E-state index < -0.39 is 47.9 Å². The molecule has 1 aliphatic rings. The van der Waals surface area contributed by atoms with Crippen molar-refractivity contribution in [3.8, 4) is 0 Å². The summed E-state index contributed by atoms with van der Waals surface area (Å²) >= 11 is 1.67. The molecule has 35 heavy (non-hydrogen) atoms. The quantitative estimate of drug-likeness (QED) is 0.295. The van der Waals surface area contributed by atoms with Crippen LogP contribution in [-0.4, -0.2) is 75.6 Å². The molecule has 8 nitrogen and oxygen atoms in total. The van der Waals surface area contributed by atoms with Crippen LogP contribution in [0.25, 0.3) is 0 Å². The maximum absolute atomic E-state index is 14.0. The van der Waals surface area contributed by atoms with Crippen molar-refractivity contribution in [2.45, 2.75) is 43.4 Å². The molecular weight excluding hydrogens is 492 g/mol. The van der Waals surface area contributed by atoms with E-state index in [1.54, 1.807) is 17.8 Å². The Kier molecular flexibility index (Phi) is 9.27. The fourth-order valence-electron chi connectivity index (χ4n) is 3.59. The number of amides is 1. The number of anilines is 1. The number of benzene rings is 1. The average Bonchev–Trinajstić information content (AvgIpc) is 2.81. The van der Waals surface area contributed by atoms with E-state index in [0.717, 1.165) is 24.4 Å². The van der Waals surface area contributed by atoms with Gasteiger partial charge in [-0.15, -0.1) is 0 Å². The highest BCUT2D eigenvalue weighted by Crippen LogP contribution is 2.28. The summed E-state index contributed by atoms with van der Waals surface area (Å²) in [6.07, 6.45) is -3.52. The number of rotatable bonds is 9. The summed E-state index contributed by atoms with van der Waals surface area (Å²) in [6, 6.07) is 3.11. The van der Waals surface area contributed by atoms with Gasteiger partial charge in [0, 0.05) is 12.1 Å². The second-order valence-corrected chi connectivity index (χ2v) is 9.03. The van der Waals surface area contributed by atoms with E-state index in [2.05, 4.69) is 20.6 Å². The number of aliphatic hydroxyl groups is 2. The molecule has 0 unspecified atom stereocenters. The Morgan fingerprint density at radius 1 is 1.23 bits per heavy atom. The van der Waals surface area contributed by atoms with E-state index in [0.29, 0.717) is 18.2 Å². The molecule has 0 bridgehead atoms. The number of ether oxygens (including phenoxy) is 1. The Labute approximate surface area is 203 Å². The molecule has 13 heteroatoms. The third-order valence-electron chi connectivity index (χ3n) is 5.39. The molecule has 2 heterocycles. The van der Waals surface area contributed by atoms with Gasteiger partial charge < -0.3 is 25.6 Å². The summed E-state index contributed by atoms with van der Waals surface area (Å²) in [7, 11) is 0. The van der Waals surface area contributed by atoms with Crippen LogP contribution in [0.5, 0.6) is 0 Å². The molecule has 4 N–H and O–H groups in total. The number of aromatic nitrogens is 2. The predicted octanol–water partition coefficient (Wildman–Crippen LogP) is 2.26. The van der Waals surface area contributed by atoms with Crippen LogP contribution in [0.15, 0.2) is 30.6 Å². The highest BCUT2D eigenvalue weighted by molar-refractivity contribution is 7.98. The van der Waals surface area contributed by atoms with E-state index in [-0.39, 0.29) is 24.5 Å². The minimum Gasteiger partial charge on any atom is -0.388 e. The van der Waals surface area contributed by atoms with Crippen molar-refractivity contribution >= 4 is 23.5 Å². The molecule has 0 saturated carbocycles. The second kappa shape index (κ2) is 12.0. The highest BCUT2D eigenvalue weighted by atomic mass is 32.2. The molecule has 1 aromatic heterocycles. The predicted molar refractivity (Wildman–Crippen MR) is 122 cm³/mol. The Hall–Kier alpha value is -2.48. The third kappa shape index (κ3) is 7.50. The molecule has 1 fully saturated rings. The number of alkyl halides is 3. The van der Waals surface area contributed by atoms with Crippen molar-refractivity contribution in [3.05, 3.63) is 53.2 Å². The van der Waals surface area contributed by atoms with Crippen LogP contribution in [-0.2, 0) is 17.3 Å². The largest absolute Gasteiger partial charge is 0.434 e. The van der Waals surface area contributed by atoms with E-state index in [1.165, 1.54) is 6.07 Å². The molecule has 1 aromatic carbocycles. The van der Waals surface area contributed by atoms with Crippen molar-refractivity contribution in [2.75, 3.05) is 30.5 Å². The number of nitrogens with zero attached hydrogens (tertiary/aromatic N) is 2. The number of aryl methyl sites for hydroxylation is 1. The number of carbonyl (C=O) groups excluding carboxylic acids is 1. The lowest BCUT2D eigenvalue weighted by Crippen LogP contribution is -2.58. The Morgan fingerprint density at radius 2 is 2.00 bits per heavy atom. The van der Waals surface area contributed by atoms with E-state index >= 15 is 0 Å². The van der Waals surface area contributed by atoms with E-state index in [9.17, 15) is 32.6 Å². The fraction of sp³-hybridized carbons (Fsp3) is 0.500. The van der Waals surface area contributed by atoms with Gasteiger partial charge in [-0.25, -0.2) is 9.37 Å². The van der Waals surface area contributed by atoms with Crippen molar-refractivity contribution in [1.29, 1.82) is 0 Å². The average molecular weight is 519 g/mol. The minimum atomic E-state index is -4.69. The zero-order chi connectivity index (χ0) is 25.6. The normalized spacial score (nSPS) is 22.6. The van der Waals surface area contributed by atoms with Gasteiger partial charge in [-0.3, -0.25) is 9.78 Å². The van der Waals surface area contributed by atoms with Crippen LogP contribution in [0.4, 0.5) is 23.4 Å². The van der Waals surface area contributed by atoms with Gasteiger partial charge in [0.1, 0.15) is 29.9 Å². The molecule has 0 spiro atoms. The van der Waals surface area contributed by atoms with Gasteiger partial charge in [-0.2, -0.15) is 24.9 Å². The minimum absolute atomic E-state index is 0.123. The Morgan fingerprint density at radius 3 is 2.71 bits per heavy atom.